The Bertz CT molecular complexity index is 753. The molecule has 3 rings (SSSR count). The number of hydrogen-bond donors (Lipinski definition) is 1. The zero-order valence-corrected chi connectivity index (χ0v) is 16.1. The summed E-state index contributed by atoms with van der Waals surface area (Å²) in [7, 11) is 4.56. The second-order valence-electron chi connectivity index (χ2n) is 7.41. The average Bonchev–Trinajstić information content (AvgIpc) is 2.64. The van der Waals surface area contributed by atoms with Gasteiger partial charge in [0, 0.05) is 24.1 Å². The van der Waals surface area contributed by atoms with Gasteiger partial charge in [0.1, 0.15) is 6.54 Å². The summed E-state index contributed by atoms with van der Waals surface area (Å²) in [6, 6.07) is 15.8. The average molecular weight is 374 g/mol. The van der Waals surface area contributed by atoms with Crippen LogP contribution in [0.25, 0.3) is 0 Å². The molecular formula is C21H26ClN2O2+. The Morgan fingerprint density at radius 3 is 2.42 bits per heavy atom. The van der Waals surface area contributed by atoms with Gasteiger partial charge in [-0.25, -0.2) is 0 Å². The highest BCUT2D eigenvalue weighted by molar-refractivity contribution is 6.34. The lowest BCUT2D eigenvalue weighted by Gasteiger charge is -2.40. The quantitative estimate of drug-likeness (QED) is 0.791. The van der Waals surface area contributed by atoms with Gasteiger partial charge in [-0.05, 0) is 24.3 Å². The van der Waals surface area contributed by atoms with E-state index in [0.29, 0.717) is 16.6 Å². The summed E-state index contributed by atoms with van der Waals surface area (Å²) in [4.78, 5) is 12.3. The fourth-order valence-electron chi connectivity index (χ4n) is 3.52. The number of ether oxygens (including phenoxy) is 1. The van der Waals surface area contributed by atoms with E-state index in [4.69, 9.17) is 16.3 Å². The molecule has 0 bridgehead atoms. The van der Waals surface area contributed by atoms with Gasteiger partial charge in [-0.2, -0.15) is 0 Å². The molecule has 138 valence electrons. The number of anilines is 1. The molecule has 0 unspecified atom stereocenters. The lowest BCUT2D eigenvalue weighted by molar-refractivity contribution is -0.929. The van der Waals surface area contributed by atoms with Gasteiger partial charge >= 0.3 is 0 Å². The Morgan fingerprint density at radius 2 is 1.77 bits per heavy atom. The van der Waals surface area contributed by atoms with Crippen LogP contribution in [0.15, 0.2) is 48.5 Å². The van der Waals surface area contributed by atoms with Crippen LogP contribution in [-0.4, -0.2) is 43.7 Å². The van der Waals surface area contributed by atoms with E-state index in [0.717, 1.165) is 42.8 Å². The summed E-state index contributed by atoms with van der Waals surface area (Å²) in [6.45, 7) is 2.68. The maximum absolute atomic E-state index is 12.3. The smallest absolute Gasteiger partial charge is 0.257 e. The molecule has 0 radical (unpaired) electrons. The minimum absolute atomic E-state index is 0.193. The van der Waals surface area contributed by atoms with Crippen molar-refractivity contribution in [3.63, 3.8) is 0 Å². The first-order valence-corrected chi connectivity index (χ1v) is 9.39. The number of benzene rings is 2. The number of quaternary nitrogens is 1. The van der Waals surface area contributed by atoms with Gasteiger partial charge in [-0.3, -0.25) is 4.79 Å². The van der Waals surface area contributed by atoms with E-state index in [-0.39, 0.29) is 5.91 Å². The monoisotopic (exact) mass is 373 g/mol. The van der Waals surface area contributed by atoms with Gasteiger partial charge in [0.15, 0.2) is 0 Å². The summed E-state index contributed by atoms with van der Waals surface area (Å²) in [5.41, 5.74) is 2.52. The first kappa shape index (κ1) is 18.9. The number of amides is 1. The third kappa shape index (κ3) is 4.64. The number of nitrogens with zero attached hydrogens (tertiary/aromatic N) is 1. The van der Waals surface area contributed by atoms with E-state index < -0.39 is 0 Å². The van der Waals surface area contributed by atoms with Crippen molar-refractivity contribution in [2.75, 3.05) is 32.6 Å². The van der Waals surface area contributed by atoms with Crippen LogP contribution >= 0.6 is 11.6 Å². The Balaban J connectivity index is 1.63. The summed E-state index contributed by atoms with van der Waals surface area (Å²) in [6.07, 6.45) is 2.22. The molecule has 26 heavy (non-hydrogen) atoms. The maximum atomic E-state index is 12.3. The molecule has 4 nitrogen and oxygen atoms in total. The number of carbonyl (C=O) groups excluding carboxylic acids is 1. The van der Waals surface area contributed by atoms with Crippen LogP contribution in [0, 0.1) is 0 Å². The van der Waals surface area contributed by atoms with Crippen molar-refractivity contribution in [2.24, 2.45) is 0 Å². The first-order valence-electron chi connectivity index (χ1n) is 9.01. The fraction of sp³-hybridized carbons (Fsp3) is 0.381. The summed E-state index contributed by atoms with van der Waals surface area (Å²) >= 11 is 6.09. The van der Waals surface area contributed by atoms with Gasteiger partial charge in [0.25, 0.3) is 5.91 Å². The molecule has 1 aliphatic rings. The van der Waals surface area contributed by atoms with E-state index in [9.17, 15) is 4.79 Å². The lowest BCUT2D eigenvalue weighted by atomic mass is 10.0. The molecule has 1 fully saturated rings. The number of carbonyl (C=O) groups is 1. The highest BCUT2D eigenvalue weighted by atomic mass is 35.5. The van der Waals surface area contributed by atoms with Crippen LogP contribution in [-0.2, 0) is 11.3 Å². The first-order chi connectivity index (χ1) is 12.5. The molecule has 0 aromatic heterocycles. The number of nitrogens with one attached hydrogen (secondary N) is 1. The Hall–Kier alpha value is -1.88. The van der Waals surface area contributed by atoms with Crippen molar-refractivity contribution in [1.82, 2.24) is 0 Å². The van der Waals surface area contributed by atoms with Crippen LogP contribution in [0.4, 0.5) is 5.69 Å². The summed E-state index contributed by atoms with van der Waals surface area (Å²) in [5.74, 6) is -0.193. The van der Waals surface area contributed by atoms with Crippen LogP contribution in [0.2, 0.25) is 5.02 Å². The van der Waals surface area contributed by atoms with Gasteiger partial charge < -0.3 is 14.5 Å². The van der Waals surface area contributed by atoms with E-state index in [1.54, 1.807) is 18.2 Å². The molecule has 2 aromatic rings. The third-order valence-corrected chi connectivity index (χ3v) is 5.43. The number of hydrogen-bond acceptors (Lipinski definition) is 2. The van der Waals surface area contributed by atoms with E-state index >= 15 is 0 Å². The molecule has 1 amide bonds. The molecule has 0 atom stereocenters. The van der Waals surface area contributed by atoms with Crippen LogP contribution < -0.4 is 5.32 Å². The van der Waals surface area contributed by atoms with Crippen LogP contribution in [0.1, 0.15) is 28.8 Å². The minimum atomic E-state index is -0.193. The largest absolute Gasteiger partial charge is 0.381 e. The predicted molar refractivity (Wildman–Crippen MR) is 106 cm³/mol. The molecule has 2 aromatic carbocycles. The number of halogens is 1. The van der Waals surface area contributed by atoms with Gasteiger partial charge in [-0.15, -0.1) is 0 Å². The van der Waals surface area contributed by atoms with Crippen LogP contribution in [0.5, 0.6) is 0 Å². The zero-order valence-electron chi connectivity index (χ0n) is 15.4. The normalized spacial score (nSPS) is 15.7. The van der Waals surface area contributed by atoms with Crippen LogP contribution in [0.3, 0.4) is 0 Å². The molecule has 1 saturated heterocycles. The van der Waals surface area contributed by atoms with Crippen molar-refractivity contribution in [1.29, 1.82) is 0 Å². The highest BCUT2D eigenvalue weighted by Crippen LogP contribution is 2.23. The SMILES string of the molecule is C[N+](C)(Cc1ccc(NC(=O)c2ccccc2Cl)cc1)C1CCOCC1. The third-order valence-electron chi connectivity index (χ3n) is 5.10. The van der Waals surface area contributed by atoms with Crippen molar-refractivity contribution in [3.05, 3.63) is 64.7 Å². The second kappa shape index (κ2) is 8.21. The summed E-state index contributed by atoms with van der Waals surface area (Å²) in [5, 5.41) is 3.36. The standard InChI is InChI=1S/C21H25ClN2O2/c1-24(2,18-11-13-26-14-12-18)15-16-7-9-17(10-8-16)23-21(25)19-5-3-4-6-20(19)22/h3-10,18H,11-15H2,1-2H3/p+1. The maximum Gasteiger partial charge on any atom is 0.257 e. The molecule has 1 heterocycles. The molecule has 1 aliphatic heterocycles. The molecule has 0 saturated carbocycles. The second-order valence-corrected chi connectivity index (χ2v) is 7.82. The van der Waals surface area contributed by atoms with Gasteiger partial charge in [0.2, 0.25) is 0 Å². The molecular weight excluding hydrogens is 348 g/mol. The predicted octanol–water partition coefficient (Wildman–Crippen LogP) is 4.35. The topological polar surface area (TPSA) is 38.3 Å². The minimum Gasteiger partial charge on any atom is -0.381 e. The van der Waals surface area contributed by atoms with Gasteiger partial charge in [-0.1, -0.05) is 35.9 Å². The Kier molecular flexibility index (Phi) is 5.97. The fourth-order valence-corrected chi connectivity index (χ4v) is 3.74. The van der Waals surface area contributed by atoms with Crippen molar-refractivity contribution < 1.29 is 14.0 Å². The van der Waals surface area contributed by atoms with Crippen molar-refractivity contribution in [3.8, 4) is 0 Å². The molecule has 0 spiro atoms. The molecule has 0 aliphatic carbocycles. The Labute approximate surface area is 160 Å². The Morgan fingerprint density at radius 1 is 1.12 bits per heavy atom. The van der Waals surface area contributed by atoms with Crippen molar-refractivity contribution >= 4 is 23.2 Å². The lowest BCUT2D eigenvalue weighted by Crippen LogP contribution is -2.50. The van der Waals surface area contributed by atoms with Gasteiger partial charge in [0.05, 0.1) is 43.9 Å². The van der Waals surface area contributed by atoms with E-state index in [1.807, 2.05) is 18.2 Å². The zero-order chi connectivity index (χ0) is 18.6. The highest BCUT2D eigenvalue weighted by Gasteiger charge is 2.30. The van der Waals surface area contributed by atoms with Crippen molar-refractivity contribution in [2.45, 2.75) is 25.4 Å². The molecule has 5 heteroatoms. The van der Waals surface area contributed by atoms with E-state index in [2.05, 4.69) is 31.5 Å². The summed E-state index contributed by atoms with van der Waals surface area (Å²) < 4.78 is 6.44. The molecule has 1 N–H and O–H groups in total. The number of rotatable bonds is 5. The van der Waals surface area contributed by atoms with E-state index in [1.165, 1.54) is 5.56 Å².